The van der Waals surface area contributed by atoms with Crippen LogP contribution in [0.2, 0.25) is 0 Å². The van der Waals surface area contributed by atoms with E-state index in [2.05, 4.69) is 22.1 Å². The second kappa shape index (κ2) is 6.35. The molecule has 3 rings (SSSR count). The molecule has 110 valence electrons. The van der Waals surface area contributed by atoms with E-state index < -0.39 is 0 Å². The van der Waals surface area contributed by atoms with Gasteiger partial charge in [-0.05, 0) is 0 Å². The summed E-state index contributed by atoms with van der Waals surface area (Å²) in [6.07, 6.45) is 0. The van der Waals surface area contributed by atoms with E-state index in [4.69, 9.17) is 4.98 Å². The maximum atomic E-state index is 4.78. The summed E-state index contributed by atoms with van der Waals surface area (Å²) in [4.78, 5) is 11.7. The Balaban J connectivity index is 1.97. The number of benzene rings is 1. The topological polar surface area (TPSA) is 41.0 Å². The highest BCUT2D eigenvalue weighted by atomic mass is 32.2. The SMILES string of the molecule is CNc1cc(N2CCSC(C)C2)nc(-c2ccccc2)n1. The molecule has 0 saturated carbocycles. The highest BCUT2D eigenvalue weighted by Gasteiger charge is 2.19. The lowest BCUT2D eigenvalue weighted by molar-refractivity contribution is 0.769. The maximum Gasteiger partial charge on any atom is 0.163 e. The van der Waals surface area contributed by atoms with E-state index in [0.717, 1.165) is 41.9 Å². The first-order valence-electron chi connectivity index (χ1n) is 7.25. The molecule has 1 N–H and O–H groups in total. The van der Waals surface area contributed by atoms with Crippen LogP contribution < -0.4 is 10.2 Å². The van der Waals surface area contributed by atoms with Crippen molar-refractivity contribution >= 4 is 23.4 Å². The highest BCUT2D eigenvalue weighted by molar-refractivity contribution is 8.00. The molecular weight excluding hydrogens is 280 g/mol. The lowest BCUT2D eigenvalue weighted by Gasteiger charge is -2.31. The monoisotopic (exact) mass is 300 g/mol. The molecule has 2 aromatic rings. The van der Waals surface area contributed by atoms with Crippen LogP contribution in [0.5, 0.6) is 0 Å². The van der Waals surface area contributed by atoms with Crippen molar-refractivity contribution < 1.29 is 0 Å². The van der Waals surface area contributed by atoms with E-state index in [0.29, 0.717) is 5.25 Å². The zero-order valence-electron chi connectivity index (χ0n) is 12.4. The largest absolute Gasteiger partial charge is 0.373 e. The van der Waals surface area contributed by atoms with Crippen molar-refractivity contribution in [3.05, 3.63) is 36.4 Å². The number of aromatic nitrogens is 2. The van der Waals surface area contributed by atoms with Gasteiger partial charge in [0.15, 0.2) is 5.82 Å². The summed E-state index contributed by atoms with van der Waals surface area (Å²) in [5.74, 6) is 3.81. The van der Waals surface area contributed by atoms with Crippen molar-refractivity contribution in [1.29, 1.82) is 0 Å². The molecule has 21 heavy (non-hydrogen) atoms. The average molecular weight is 300 g/mol. The van der Waals surface area contributed by atoms with Gasteiger partial charge in [0.2, 0.25) is 0 Å². The second-order valence-electron chi connectivity index (χ2n) is 5.18. The summed E-state index contributed by atoms with van der Waals surface area (Å²) in [7, 11) is 1.90. The number of rotatable bonds is 3. The molecule has 0 bridgehead atoms. The van der Waals surface area contributed by atoms with Gasteiger partial charge in [0, 0.05) is 42.8 Å². The summed E-state index contributed by atoms with van der Waals surface area (Å²) < 4.78 is 0. The van der Waals surface area contributed by atoms with E-state index in [1.165, 1.54) is 0 Å². The molecule has 0 spiro atoms. The molecule has 1 fully saturated rings. The minimum atomic E-state index is 0.645. The second-order valence-corrected chi connectivity index (χ2v) is 6.72. The Kier molecular flexibility index (Phi) is 4.29. The quantitative estimate of drug-likeness (QED) is 0.943. The zero-order valence-corrected chi connectivity index (χ0v) is 13.2. The molecule has 5 heteroatoms. The Bertz CT molecular complexity index is 602. The Morgan fingerprint density at radius 2 is 2.05 bits per heavy atom. The van der Waals surface area contributed by atoms with Gasteiger partial charge < -0.3 is 10.2 Å². The zero-order chi connectivity index (χ0) is 14.7. The van der Waals surface area contributed by atoms with Crippen LogP contribution in [-0.4, -0.2) is 41.1 Å². The predicted octanol–water partition coefficient (Wildman–Crippen LogP) is 3.13. The van der Waals surface area contributed by atoms with Crippen molar-refractivity contribution in [3.63, 3.8) is 0 Å². The van der Waals surface area contributed by atoms with Crippen LogP contribution >= 0.6 is 11.8 Å². The van der Waals surface area contributed by atoms with E-state index in [9.17, 15) is 0 Å². The molecular formula is C16H20N4S. The maximum absolute atomic E-state index is 4.78. The van der Waals surface area contributed by atoms with Crippen LogP contribution in [0.4, 0.5) is 11.6 Å². The summed E-state index contributed by atoms with van der Waals surface area (Å²) in [5, 5.41) is 3.79. The fourth-order valence-electron chi connectivity index (χ4n) is 2.47. The van der Waals surface area contributed by atoms with Crippen LogP contribution in [0.3, 0.4) is 0 Å². The lowest BCUT2D eigenvalue weighted by Crippen LogP contribution is -2.37. The molecule has 1 unspecified atom stereocenters. The van der Waals surface area contributed by atoms with Gasteiger partial charge in [0.1, 0.15) is 11.6 Å². The first-order valence-corrected chi connectivity index (χ1v) is 8.30. The van der Waals surface area contributed by atoms with Gasteiger partial charge >= 0.3 is 0 Å². The number of hydrogen-bond acceptors (Lipinski definition) is 5. The van der Waals surface area contributed by atoms with Crippen LogP contribution in [0.15, 0.2) is 36.4 Å². The minimum Gasteiger partial charge on any atom is -0.373 e. The molecule has 1 aromatic carbocycles. The van der Waals surface area contributed by atoms with Gasteiger partial charge in [0.25, 0.3) is 0 Å². The molecule has 4 nitrogen and oxygen atoms in total. The normalized spacial score (nSPS) is 18.6. The molecule has 0 radical (unpaired) electrons. The minimum absolute atomic E-state index is 0.645. The van der Waals surface area contributed by atoms with Crippen LogP contribution in [0, 0.1) is 0 Å². The third kappa shape index (κ3) is 3.29. The van der Waals surface area contributed by atoms with E-state index in [-0.39, 0.29) is 0 Å². The molecule has 0 amide bonds. The Morgan fingerprint density at radius 3 is 2.76 bits per heavy atom. The van der Waals surface area contributed by atoms with Crippen LogP contribution in [-0.2, 0) is 0 Å². The number of thioether (sulfide) groups is 1. The third-order valence-electron chi connectivity index (χ3n) is 3.57. The van der Waals surface area contributed by atoms with Gasteiger partial charge in [-0.1, -0.05) is 37.3 Å². The number of hydrogen-bond donors (Lipinski definition) is 1. The molecule has 0 aliphatic carbocycles. The molecule has 1 aromatic heterocycles. The summed E-state index contributed by atoms with van der Waals surface area (Å²) in [6.45, 7) is 4.36. The molecule has 2 heterocycles. The van der Waals surface area contributed by atoms with Gasteiger partial charge in [-0.25, -0.2) is 9.97 Å². The van der Waals surface area contributed by atoms with Gasteiger partial charge in [-0.15, -0.1) is 0 Å². The first kappa shape index (κ1) is 14.2. The van der Waals surface area contributed by atoms with Crippen molar-refractivity contribution in [2.45, 2.75) is 12.2 Å². The summed E-state index contributed by atoms with van der Waals surface area (Å²) >= 11 is 2.03. The van der Waals surface area contributed by atoms with Gasteiger partial charge in [-0.3, -0.25) is 0 Å². The summed E-state index contributed by atoms with van der Waals surface area (Å²) in [6, 6.07) is 12.2. The standard InChI is InChI=1S/C16H20N4S/c1-12-11-20(8-9-21-12)15-10-14(17-2)18-16(19-15)13-6-4-3-5-7-13/h3-7,10,12H,8-9,11H2,1-2H3,(H,17,18,19). The van der Waals surface area contributed by atoms with E-state index in [1.807, 2.05) is 55.2 Å². The van der Waals surface area contributed by atoms with E-state index >= 15 is 0 Å². The van der Waals surface area contributed by atoms with Crippen molar-refractivity contribution in [1.82, 2.24) is 9.97 Å². The fraction of sp³-hybridized carbons (Fsp3) is 0.375. The van der Waals surface area contributed by atoms with Crippen LogP contribution in [0.25, 0.3) is 11.4 Å². The number of nitrogens with zero attached hydrogens (tertiary/aromatic N) is 3. The predicted molar refractivity (Wildman–Crippen MR) is 91.1 cm³/mol. The van der Waals surface area contributed by atoms with Crippen LogP contribution in [0.1, 0.15) is 6.92 Å². The summed E-state index contributed by atoms with van der Waals surface area (Å²) in [5.41, 5.74) is 1.05. The number of anilines is 2. The Morgan fingerprint density at radius 1 is 1.24 bits per heavy atom. The van der Waals surface area contributed by atoms with E-state index in [1.54, 1.807) is 0 Å². The lowest BCUT2D eigenvalue weighted by atomic mass is 10.2. The molecule has 1 aliphatic heterocycles. The van der Waals surface area contributed by atoms with Gasteiger partial charge in [0.05, 0.1) is 0 Å². The van der Waals surface area contributed by atoms with Gasteiger partial charge in [-0.2, -0.15) is 11.8 Å². The Hall–Kier alpha value is -1.75. The average Bonchev–Trinajstić information content (AvgIpc) is 2.55. The molecule has 1 aliphatic rings. The number of nitrogens with one attached hydrogen (secondary N) is 1. The van der Waals surface area contributed by atoms with Crippen molar-refractivity contribution in [3.8, 4) is 11.4 Å². The smallest absolute Gasteiger partial charge is 0.163 e. The Labute approximate surface area is 130 Å². The molecule has 1 atom stereocenters. The fourth-order valence-corrected chi connectivity index (χ4v) is 3.48. The molecule has 1 saturated heterocycles. The van der Waals surface area contributed by atoms with Crippen molar-refractivity contribution in [2.24, 2.45) is 0 Å². The highest BCUT2D eigenvalue weighted by Crippen LogP contribution is 2.26. The third-order valence-corrected chi connectivity index (χ3v) is 4.70. The first-order chi connectivity index (χ1) is 10.3. The van der Waals surface area contributed by atoms with Crippen molar-refractivity contribution in [2.75, 3.05) is 36.1 Å².